The minimum Gasteiger partial charge on any atom is -0.393 e. The second kappa shape index (κ2) is 4.04. The second-order valence-corrected chi connectivity index (χ2v) is 3.00. The van der Waals surface area contributed by atoms with E-state index in [-0.39, 0.29) is 18.3 Å². The summed E-state index contributed by atoms with van der Waals surface area (Å²) < 4.78 is 10.1. The zero-order valence-electron chi connectivity index (χ0n) is 7.12. The summed E-state index contributed by atoms with van der Waals surface area (Å²) >= 11 is 0. The van der Waals surface area contributed by atoms with Gasteiger partial charge in [-0.2, -0.15) is 0 Å². The average molecular weight is 160 g/mol. The van der Waals surface area contributed by atoms with Gasteiger partial charge in [-0.05, 0) is 12.8 Å². The van der Waals surface area contributed by atoms with Crippen molar-refractivity contribution >= 4 is 0 Å². The van der Waals surface area contributed by atoms with Gasteiger partial charge in [-0.15, -0.1) is 0 Å². The third kappa shape index (κ3) is 1.92. The Kier molecular flexibility index (Phi) is 3.30. The lowest BCUT2D eigenvalue weighted by molar-refractivity contribution is -0.154. The van der Waals surface area contributed by atoms with E-state index in [0.717, 1.165) is 19.3 Å². The van der Waals surface area contributed by atoms with Crippen LogP contribution in [0.25, 0.3) is 0 Å². The molecule has 0 bridgehead atoms. The lowest BCUT2D eigenvalue weighted by atomic mass is 10.1. The molecule has 0 heterocycles. The fourth-order valence-corrected chi connectivity index (χ4v) is 1.73. The van der Waals surface area contributed by atoms with Crippen molar-refractivity contribution in [2.45, 2.75) is 31.7 Å². The van der Waals surface area contributed by atoms with Crippen LogP contribution in [0.15, 0.2) is 0 Å². The van der Waals surface area contributed by atoms with Gasteiger partial charge in [0.05, 0.1) is 6.10 Å². The van der Waals surface area contributed by atoms with Crippen molar-refractivity contribution in [3.8, 4) is 0 Å². The van der Waals surface area contributed by atoms with Crippen LogP contribution in [0.2, 0.25) is 0 Å². The molecular formula is C8H16O3. The highest BCUT2D eigenvalue weighted by atomic mass is 16.7. The maximum absolute atomic E-state index is 9.46. The maximum atomic E-state index is 9.46. The molecule has 0 aromatic carbocycles. The molecule has 1 fully saturated rings. The highest BCUT2D eigenvalue weighted by Gasteiger charge is 2.32. The van der Waals surface area contributed by atoms with Gasteiger partial charge in [0.2, 0.25) is 0 Å². The van der Waals surface area contributed by atoms with Crippen LogP contribution < -0.4 is 0 Å². The van der Waals surface area contributed by atoms with E-state index in [0.29, 0.717) is 0 Å². The molecule has 1 aliphatic carbocycles. The summed E-state index contributed by atoms with van der Waals surface area (Å²) in [5, 5.41) is 9.46. The predicted octanol–water partition coefficient (Wildman–Crippen LogP) is 0.766. The molecule has 2 unspecified atom stereocenters. The van der Waals surface area contributed by atoms with Gasteiger partial charge in [-0.1, -0.05) is 6.42 Å². The van der Waals surface area contributed by atoms with Gasteiger partial charge in [-0.3, -0.25) is 0 Å². The van der Waals surface area contributed by atoms with Crippen LogP contribution in [-0.2, 0) is 9.47 Å². The largest absolute Gasteiger partial charge is 0.393 e. The SMILES string of the molecule is COC(OC)C1CCCC1O. The van der Waals surface area contributed by atoms with Crippen LogP contribution in [0, 0.1) is 5.92 Å². The minimum atomic E-state index is -0.236. The standard InChI is InChI=1S/C8H16O3/c1-10-8(11-2)6-4-3-5-7(6)9/h6-9H,3-5H2,1-2H3. The lowest BCUT2D eigenvalue weighted by Crippen LogP contribution is -2.30. The third-order valence-electron chi connectivity index (χ3n) is 2.35. The van der Waals surface area contributed by atoms with E-state index in [1.54, 1.807) is 14.2 Å². The second-order valence-electron chi connectivity index (χ2n) is 3.00. The number of rotatable bonds is 3. The van der Waals surface area contributed by atoms with E-state index >= 15 is 0 Å². The molecule has 2 atom stereocenters. The van der Waals surface area contributed by atoms with Crippen molar-refractivity contribution in [1.29, 1.82) is 0 Å². The van der Waals surface area contributed by atoms with E-state index in [4.69, 9.17) is 9.47 Å². The highest BCUT2D eigenvalue weighted by molar-refractivity contribution is 4.78. The van der Waals surface area contributed by atoms with Crippen LogP contribution in [0.1, 0.15) is 19.3 Å². The number of aliphatic hydroxyl groups excluding tert-OH is 1. The number of hydrogen-bond acceptors (Lipinski definition) is 3. The Morgan fingerprint density at radius 1 is 1.27 bits per heavy atom. The normalized spacial score (nSPS) is 31.6. The van der Waals surface area contributed by atoms with E-state index < -0.39 is 0 Å². The smallest absolute Gasteiger partial charge is 0.162 e. The molecule has 0 aromatic heterocycles. The lowest BCUT2D eigenvalue weighted by Gasteiger charge is -2.22. The average Bonchev–Trinajstić information content (AvgIpc) is 2.40. The monoisotopic (exact) mass is 160 g/mol. The molecule has 11 heavy (non-hydrogen) atoms. The molecule has 0 amide bonds. The van der Waals surface area contributed by atoms with E-state index in [9.17, 15) is 5.11 Å². The Morgan fingerprint density at radius 2 is 1.91 bits per heavy atom. The summed E-state index contributed by atoms with van der Waals surface area (Å²) in [6, 6.07) is 0. The van der Waals surface area contributed by atoms with E-state index in [2.05, 4.69) is 0 Å². The van der Waals surface area contributed by atoms with Gasteiger partial charge >= 0.3 is 0 Å². The Balaban J connectivity index is 2.43. The van der Waals surface area contributed by atoms with Crippen LogP contribution in [0.4, 0.5) is 0 Å². The predicted molar refractivity (Wildman–Crippen MR) is 41.2 cm³/mol. The molecule has 0 aliphatic heterocycles. The van der Waals surface area contributed by atoms with Crippen molar-refractivity contribution in [2.24, 2.45) is 5.92 Å². The molecule has 1 saturated carbocycles. The molecular weight excluding hydrogens is 144 g/mol. The first-order valence-corrected chi connectivity index (χ1v) is 4.03. The fraction of sp³-hybridized carbons (Fsp3) is 1.00. The molecule has 3 nitrogen and oxygen atoms in total. The summed E-state index contributed by atoms with van der Waals surface area (Å²) in [7, 11) is 3.22. The van der Waals surface area contributed by atoms with Crippen LogP contribution in [-0.4, -0.2) is 31.7 Å². The molecule has 0 saturated heterocycles. The quantitative estimate of drug-likeness (QED) is 0.620. The Labute approximate surface area is 67.3 Å². The summed E-state index contributed by atoms with van der Waals surface area (Å²) in [5.74, 6) is 0.171. The van der Waals surface area contributed by atoms with Crippen molar-refractivity contribution < 1.29 is 14.6 Å². The molecule has 1 rings (SSSR count). The Hall–Kier alpha value is -0.120. The first kappa shape index (κ1) is 8.97. The van der Waals surface area contributed by atoms with Gasteiger partial charge in [0.1, 0.15) is 0 Å². The minimum absolute atomic E-state index is 0.171. The van der Waals surface area contributed by atoms with Crippen molar-refractivity contribution in [3.63, 3.8) is 0 Å². The summed E-state index contributed by atoms with van der Waals surface area (Å²) in [4.78, 5) is 0. The van der Waals surface area contributed by atoms with Gasteiger partial charge in [-0.25, -0.2) is 0 Å². The molecule has 66 valence electrons. The van der Waals surface area contributed by atoms with Crippen molar-refractivity contribution in [3.05, 3.63) is 0 Å². The molecule has 0 aromatic rings. The fourth-order valence-electron chi connectivity index (χ4n) is 1.73. The Bertz CT molecular complexity index is 112. The first-order chi connectivity index (χ1) is 5.29. The molecule has 0 spiro atoms. The van der Waals surface area contributed by atoms with Gasteiger partial charge < -0.3 is 14.6 Å². The number of methoxy groups -OCH3 is 2. The van der Waals surface area contributed by atoms with E-state index in [1.807, 2.05) is 0 Å². The number of ether oxygens (including phenoxy) is 2. The zero-order valence-corrected chi connectivity index (χ0v) is 7.12. The van der Waals surface area contributed by atoms with E-state index in [1.165, 1.54) is 0 Å². The summed E-state index contributed by atoms with van der Waals surface area (Å²) in [5.41, 5.74) is 0. The summed E-state index contributed by atoms with van der Waals surface area (Å²) in [6.07, 6.45) is 2.50. The van der Waals surface area contributed by atoms with Gasteiger partial charge in [0.15, 0.2) is 6.29 Å². The molecule has 0 radical (unpaired) electrons. The number of hydrogen-bond donors (Lipinski definition) is 1. The molecule has 1 N–H and O–H groups in total. The first-order valence-electron chi connectivity index (χ1n) is 4.03. The van der Waals surface area contributed by atoms with Crippen LogP contribution in [0.3, 0.4) is 0 Å². The highest BCUT2D eigenvalue weighted by Crippen LogP contribution is 2.29. The topological polar surface area (TPSA) is 38.7 Å². The van der Waals surface area contributed by atoms with Crippen LogP contribution in [0.5, 0.6) is 0 Å². The Morgan fingerprint density at radius 3 is 2.27 bits per heavy atom. The van der Waals surface area contributed by atoms with Gasteiger partial charge in [0, 0.05) is 20.1 Å². The summed E-state index contributed by atoms with van der Waals surface area (Å²) in [6.45, 7) is 0. The van der Waals surface area contributed by atoms with Crippen molar-refractivity contribution in [1.82, 2.24) is 0 Å². The zero-order chi connectivity index (χ0) is 8.27. The molecule has 3 heteroatoms. The molecule has 1 aliphatic rings. The third-order valence-corrected chi connectivity index (χ3v) is 2.35. The van der Waals surface area contributed by atoms with Gasteiger partial charge in [0.25, 0.3) is 0 Å². The van der Waals surface area contributed by atoms with Crippen LogP contribution >= 0.6 is 0 Å². The number of aliphatic hydroxyl groups is 1. The maximum Gasteiger partial charge on any atom is 0.162 e. The van der Waals surface area contributed by atoms with Crippen molar-refractivity contribution in [2.75, 3.05) is 14.2 Å².